The number of anilines is 2. The van der Waals surface area contributed by atoms with Crippen molar-refractivity contribution in [1.82, 2.24) is 14.9 Å². The number of rotatable bonds is 9. The van der Waals surface area contributed by atoms with E-state index in [1.165, 1.54) is 12.3 Å². The van der Waals surface area contributed by atoms with Crippen LogP contribution in [0.4, 0.5) is 11.6 Å². The minimum absolute atomic E-state index is 0.125. The maximum Gasteiger partial charge on any atom is 0.267 e. The molecule has 9 nitrogen and oxygen atoms in total. The van der Waals surface area contributed by atoms with Gasteiger partial charge in [0.2, 0.25) is 5.95 Å². The Hall–Kier alpha value is -3.40. The van der Waals surface area contributed by atoms with Crippen LogP contribution in [0.1, 0.15) is 10.5 Å². The fraction of sp³-hybridized carbons (Fsp3) is 0.292. The third-order valence-electron chi connectivity index (χ3n) is 5.48. The van der Waals surface area contributed by atoms with E-state index in [1.54, 1.807) is 0 Å². The van der Waals surface area contributed by atoms with Gasteiger partial charge >= 0.3 is 0 Å². The van der Waals surface area contributed by atoms with Gasteiger partial charge in [-0.25, -0.2) is 9.97 Å². The van der Waals surface area contributed by atoms with Crippen molar-refractivity contribution in [3.8, 4) is 11.5 Å². The van der Waals surface area contributed by atoms with Gasteiger partial charge in [0.1, 0.15) is 11.4 Å². The molecule has 178 valence electrons. The SMILES string of the molecule is NC(=O)c1ccnc(NCC(O)CN2CCN(c3cc(Cl)ccc3Oc3ccccc3)CC2)n1. The van der Waals surface area contributed by atoms with Crippen molar-refractivity contribution in [3.05, 3.63) is 71.5 Å². The van der Waals surface area contributed by atoms with Crippen LogP contribution in [0.3, 0.4) is 0 Å². The van der Waals surface area contributed by atoms with E-state index in [0.29, 0.717) is 11.6 Å². The fourth-order valence-corrected chi connectivity index (χ4v) is 3.93. The summed E-state index contributed by atoms with van der Waals surface area (Å²) in [6.07, 6.45) is 0.822. The number of hydrogen-bond donors (Lipinski definition) is 3. The first-order valence-corrected chi connectivity index (χ1v) is 11.4. The van der Waals surface area contributed by atoms with Gasteiger partial charge in [-0.2, -0.15) is 0 Å². The van der Waals surface area contributed by atoms with Crippen LogP contribution in [-0.4, -0.2) is 71.3 Å². The van der Waals surface area contributed by atoms with Crippen LogP contribution in [0.5, 0.6) is 11.5 Å². The lowest BCUT2D eigenvalue weighted by molar-refractivity contribution is 0.0995. The third kappa shape index (κ3) is 6.34. The number of para-hydroxylation sites is 1. The second-order valence-corrected chi connectivity index (χ2v) is 8.42. The molecule has 10 heteroatoms. The Labute approximate surface area is 203 Å². The zero-order valence-electron chi connectivity index (χ0n) is 18.6. The molecule has 3 aromatic rings. The summed E-state index contributed by atoms with van der Waals surface area (Å²) in [5, 5.41) is 14.1. The molecular formula is C24H27ClN6O3. The number of aliphatic hydroxyl groups is 1. The van der Waals surface area contributed by atoms with E-state index in [4.69, 9.17) is 22.1 Å². The quantitative estimate of drug-likeness (QED) is 0.426. The number of nitrogens with one attached hydrogen (secondary N) is 1. The second kappa shape index (κ2) is 11.1. The maximum atomic E-state index is 11.2. The average molecular weight is 483 g/mol. The number of aliphatic hydroxyl groups excluding tert-OH is 1. The molecule has 1 amide bonds. The van der Waals surface area contributed by atoms with E-state index >= 15 is 0 Å². The number of carbonyl (C=O) groups is 1. The molecule has 1 aliphatic heterocycles. The molecule has 2 heterocycles. The number of benzene rings is 2. The van der Waals surface area contributed by atoms with E-state index in [9.17, 15) is 9.90 Å². The summed E-state index contributed by atoms with van der Waals surface area (Å²) in [7, 11) is 0. The molecule has 0 aliphatic carbocycles. The van der Waals surface area contributed by atoms with Gasteiger partial charge in [-0.05, 0) is 36.4 Å². The molecule has 0 saturated carbocycles. The maximum absolute atomic E-state index is 11.2. The highest BCUT2D eigenvalue weighted by molar-refractivity contribution is 6.31. The lowest BCUT2D eigenvalue weighted by Gasteiger charge is -2.37. The van der Waals surface area contributed by atoms with E-state index in [-0.39, 0.29) is 18.2 Å². The summed E-state index contributed by atoms with van der Waals surface area (Å²) in [6.45, 7) is 3.86. The second-order valence-electron chi connectivity index (χ2n) is 7.98. The Morgan fingerprint density at radius 2 is 1.91 bits per heavy atom. The van der Waals surface area contributed by atoms with Gasteiger partial charge in [0.25, 0.3) is 5.91 Å². The number of nitrogens with zero attached hydrogens (tertiary/aromatic N) is 4. The molecule has 0 radical (unpaired) electrons. The van der Waals surface area contributed by atoms with Crippen molar-refractivity contribution < 1.29 is 14.6 Å². The Morgan fingerprint density at radius 3 is 2.65 bits per heavy atom. The standard InChI is InChI=1S/C24H27ClN6O3/c25-17-6-7-22(34-19-4-2-1-3-5-19)21(14-17)31-12-10-30(11-13-31)16-18(32)15-28-24-27-9-8-20(29-24)23(26)33/h1-9,14,18,32H,10-13,15-16H2,(H2,26,33)(H,27,28,29). The minimum Gasteiger partial charge on any atom is -0.455 e. The molecule has 34 heavy (non-hydrogen) atoms. The lowest BCUT2D eigenvalue weighted by Crippen LogP contribution is -2.49. The molecule has 1 aromatic heterocycles. The predicted octanol–water partition coefficient (Wildman–Crippen LogP) is 2.62. The first kappa shape index (κ1) is 23.7. The number of aromatic nitrogens is 2. The first-order valence-electron chi connectivity index (χ1n) is 11.0. The number of ether oxygens (including phenoxy) is 1. The number of hydrogen-bond acceptors (Lipinski definition) is 8. The zero-order chi connectivity index (χ0) is 23.9. The predicted molar refractivity (Wildman–Crippen MR) is 132 cm³/mol. The van der Waals surface area contributed by atoms with Gasteiger partial charge in [-0.15, -0.1) is 0 Å². The highest BCUT2D eigenvalue weighted by atomic mass is 35.5. The summed E-state index contributed by atoms with van der Waals surface area (Å²) < 4.78 is 6.10. The van der Waals surface area contributed by atoms with Crippen molar-refractivity contribution in [1.29, 1.82) is 0 Å². The molecule has 1 saturated heterocycles. The van der Waals surface area contributed by atoms with Gasteiger partial charge in [0, 0.05) is 50.5 Å². The van der Waals surface area contributed by atoms with Gasteiger partial charge in [0.05, 0.1) is 11.8 Å². The molecule has 4 N–H and O–H groups in total. The molecule has 0 spiro atoms. The summed E-state index contributed by atoms with van der Waals surface area (Å²) >= 11 is 6.28. The number of piperazine rings is 1. The van der Waals surface area contributed by atoms with Gasteiger partial charge in [-0.1, -0.05) is 29.8 Å². The Bertz CT molecular complexity index is 1110. The number of amides is 1. The number of β-amino-alcohol motifs (C(OH)–C–C–N with tert-alkyl or cyclic N) is 1. The van der Waals surface area contributed by atoms with E-state index < -0.39 is 12.0 Å². The van der Waals surface area contributed by atoms with Gasteiger partial charge < -0.3 is 25.8 Å². The molecule has 0 bridgehead atoms. The smallest absolute Gasteiger partial charge is 0.267 e. The molecular weight excluding hydrogens is 456 g/mol. The van der Waals surface area contributed by atoms with Crippen LogP contribution in [0.15, 0.2) is 60.8 Å². The van der Waals surface area contributed by atoms with Crippen molar-refractivity contribution in [3.63, 3.8) is 0 Å². The van der Waals surface area contributed by atoms with Gasteiger partial charge in [-0.3, -0.25) is 9.69 Å². The fourth-order valence-electron chi connectivity index (χ4n) is 3.76. The van der Waals surface area contributed by atoms with Crippen molar-refractivity contribution >= 4 is 29.1 Å². The van der Waals surface area contributed by atoms with E-state index in [0.717, 1.165) is 43.4 Å². The number of primary amides is 1. The Morgan fingerprint density at radius 1 is 1.15 bits per heavy atom. The number of carbonyl (C=O) groups excluding carboxylic acids is 1. The average Bonchev–Trinajstić information content (AvgIpc) is 2.85. The molecule has 1 aliphatic rings. The number of halogens is 1. The first-order chi connectivity index (χ1) is 16.5. The minimum atomic E-state index is -0.629. The Kier molecular flexibility index (Phi) is 7.79. The van der Waals surface area contributed by atoms with Gasteiger partial charge in [0.15, 0.2) is 5.75 Å². The Balaban J connectivity index is 1.30. The molecule has 4 rings (SSSR count). The highest BCUT2D eigenvalue weighted by Crippen LogP contribution is 2.35. The topological polar surface area (TPSA) is 117 Å². The third-order valence-corrected chi connectivity index (χ3v) is 5.71. The van der Waals surface area contributed by atoms with Crippen LogP contribution >= 0.6 is 11.6 Å². The summed E-state index contributed by atoms with van der Waals surface area (Å²) in [6, 6.07) is 16.7. The van der Waals surface area contributed by atoms with Crippen LogP contribution in [-0.2, 0) is 0 Å². The number of nitrogens with two attached hydrogens (primary N) is 1. The zero-order valence-corrected chi connectivity index (χ0v) is 19.4. The highest BCUT2D eigenvalue weighted by Gasteiger charge is 2.22. The molecule has 1 unspecified atom stereocenters. The normalized spacial score (nSPS) is 15.1. The van der Waals surface area contributed by atoms with E-state index in [2.05, 4.69) is 25.1 Å². The van der Waals surface area contributed by atoms with Crippen LogP contribution < -0.4 is 20.7 Å². The molecule has 1 fully saturated rings. The van der Waals surface area contributed by atoms with Crippen LogP contribution in [0.25, 0.3) is 0 Å². The monoisotopic (exact) mass is 482 g/mol. The largest absolute Gasteiger partial charge is 0.455 e. The van der Waals surface area contributed by atoms with Crippen LogP contribution in [0.2, 0.25) is 5.02 Å². The summed E-state index contributed by atoms with van der Waals surface area (Å²) in [5.41, 5.74) is 6.31. The molecule has 1 atom stereocenters. The van der Waals surface area contributed by atoms with Crippen molar-refractivity contribution in [2.24, 2.45) is 5.73 Å². The summed E-state index contributed by atoms with van der Waals surface area (Å²) in [5.74, 6) is 1.16. The lowest BCUT2D eigenvalue weighted by atomic mass is 10.2. The summed E-state index contributed by atoms with van der Waals surface area (Å²) in [4.78, 5) is 23.8. The van der Waals surface area contributed by atoms with Crippen molar-refractivity contribution in [2.75, 3.05) is 49.5 Å². The van der Waals surface area contributed by atoms with Crippen molar-refractivity contribution in [2.45, 2.75) is 6.10 Å². The van der Waals surface area contributed by atoms with Crippen LogP contribution in [0, 0.1) is 0 Å². The van der Waals surface area contributed by atoms with E-state index in [1.807, 2.05) is 48.5 Å². The molecule has 2 aromatic carbocycles.